The van der Waals surface area contributed by atoms with Crippen molar-refractivity contribution in [2.45, 2.75) is 39.0 Å². The van der Waals surface area contributed by atoms with Crippen LogP contribution >= 0.6 is 0 Å². The number of hydrogen-bond acceptors (Lipinski definition) is 2. The average Bonchev–Trinajstić information content (AvgIpc) is 3.50. The molecule has 4 nitrogen and oxygen atoms in total. The lowest BCUT2D eigenvalue weighted by molar-refractivity contribution is -0.117. The highest BCUT2D eigenvalue weighted by Gasteiger charge is 2.39. The van der Waals surface area contributed by atoms with Gasteiger partial charge in [-0.05, 0) is 67.7 Å². The summed E-state index contributed by atoms with van der Waals surface area (Å²) in [7, 11) is 0. The van der Waals surface area contributed by atoms with Gasteiger partial charge in [-0.1, -0.05) is 43.3 Å². The number of carbonyl (C=O) groups excluding carboxylic acids is 2. The van der Waals surface area contributed by atoms with Gasteiger partial charge in [0.1, 0.15) is 0 Å². The molecule has 0 bridgehead atoms. The highest BCUT2D eigenvalue weighted by molar-refractivity contribution is 5.98. The van der Waals surface area contributed by atoms with Crippen molar-refractivity contribution in [3.63, 3.8) is 0 Å². The largest absolute Gasteiger partial charge is 0.339 e. The minimum Gasteiger partial charge on any atom is -0.339 e. The van der Waals surface area contributed by atoms with Gasteiger partial charge >= 0.3 is 0 Å². The number of likely N-dealkylation sites (tertiary alicyclic amines) is 1. The Morgan fingerprint density at radius 2 is 1.76 bits per heavy atom. The molecule has 1 saturated carbocycles. The van der Waals surface area contributed by atoms with Crippen molar-refractivity contribution in [2.75, 3.05) is 18.4 Å². The van der Waals surface area contributed by atoms with Crippen LogP contribution in [0, 0.1) is 17.8 Å². The van der Waals surface area contributed by atoms with Crippen molar-refractivity contribution in [3.8, 4) is 0 Å². The number of piperidine rings is 1. The zero-order chi connectivity index (χ0) is 20.2. The fraction of sp³-hybridized carbons (Fsp3) is 0.440. The van der Waals surface area contributed by atoms with Crippen LogP contribution in [0.5, 0.6) is 0 Å². The van der Waals surface area contributed by atoms with Crippen molar-refractivity contribution in [1.82, 2.24) is 4.90 Å². The summed E-state index contributed by atoms with van der Waals surface area (Å²) in [5.41, 5.74) is 2.78. The first-order valence-corrected chi connectivity index (χ1v) is 10.8. The molecule has 0 aromatic heterocycles. The normalized spacial score (nSPS) is 21.6. The van der Waals surface area contributed by atoms with Crippen molar-refractivity contribution in [1.29, 1.82) is 0 Å². The molecular formula is C25H30N2O2. The fourth-order valence-electron chi connectivity index (χ4n) is 4.28. The summed E-state index contributed by atoms with van der Waals surface area (Å²) in [5.74, 6) is 1.43. The van der Waals surface area contributed by atoms with Gasteiger partial charge in [0, 0.05) is 30.3 Å². The molecule has 2 aromatic carbocycles. The summed E-state index contributed by atoms with van der Waals surface area (Å²) in [6.45, 7) is 3.72. The summed E-state index contributed by atoms with van der Waals surface area (Å²) in [6, 6.07) is 18.0. The predicted molar refractivity (Wildman–Crippen MR) is 116 cm³/mol. The van der Waals surface area contributed by atoms with E-state index in [4.69, 9.17) is 0 Å². The van der Waals surface area contributed by atoms with E-state index < -0.39 is 0 Å². The van der Waals surface area contributed by atoms with Gasteiger partial charge in [0.15, 0.2) is 0 Å². The number of hydrogen-bond donors (Lipinski definition) is 1. The number of amides is 2. The molecule has 2 atom stereocenters. The number of anilines is 1. The molecule has 1 aliphatic heterocycles. The quantitative estimate of drug-likeness (QED) is 0.773. The maximum atomic E-state index is 12.9. The van der Waals surface area contributed by atoms with E-state index in [-0.39, 0.29) is 17.7 Å². The van der Waals surface area contributed by atoms with Gasteiger partial charge in [-0.15, -0.1) is 0 Å². The van der Waals surface area contributed by atoms with E-state index in [1.54, 1.807) is 0 Å². The smallest absolute Gasteiger partial charge is 0.253 e. The maximum absolute atomic E-state index is 12.9. The van der Waals surface area contributed by atoms with E-state index in [0.29, 0.717) is 17.4 Å². The molecule has 2 unspecified atom stereocenters. The average molecular weight is 391 g/mol. The van der Waals surface area contributed by atoms with E-state index >= 15 is 0 Å². The van der Waals surface area contributed by atoms with E-state index in [2.05, 4.69) is 42.6 Å². The molecular weight excluding hydrogens is 360 g/mol. The lowest BCUT2D eigenvalue weighted by atomic mass is 9.90. The van der Waals surface area contributed by atoms with Gasteiger partial charge in [0.05, 0.1) is 0 Å². The Hall–Kier alpha value is -2.62. The van der Waals surface area contributed by atoms with E-state index in [1.165, 1.54) is 12.0 Å². The number of rotatable bonds is 6. The van der Waals surface area contributed by atoms with Crippen molar-refractivity contribution >= 4 is 17.5 Å². The molecule has 1 aliphatic carbocycles. The molecule has 1 saturated heterocycles. The lowest BCUT2D eigenvalue weighted by Crippen LogP contribution is -2.38. The van der Waals surface area contributed by atoms with Crippen LogP contribution in [0.3, 0.4) is 0 Å². The second kappa shape index (κ2) is 8.81. The molecule has 0 spiro atoms. The van der Waals surface area contributed by atoms with Crippen LogP contribution in [-0.4, -0.2) is 29.8 Å². The Bertz CT molecular complexity index is 856. The monoisotopic (exact) mass is 390 g/mol. The molecule has 2 amide bonds. The van der Waals surface area contributed by atoms with E-state index in [9.17, 15) is 9.59 Å². The fourth-order valence-corrected chi connectivity index (χ4v) is 4.28. The number of nitrogens with one attached hydrogen (secondary N) is 1. The van der Waals surface area contributed by atoms with Gasteiger partial charge in [-0.25, -0.2) is 0 Å². The van der Waals surface area contributed by atoms with Crippen LogP contribution in [0.4, 0.5) is 5.69 Å². The summed E-state index contributed by atoms with van der Waals surface area (Å²) < 4.78 is 0. The Labute approximate surface area is 173 Å². The number of aryl methyl sites for hydroxylation is 1. The van der Waals surface area contributed by atoms with Gasteiger partial charge in [-0.3, -0.25) is 9.59 Å². The number of benzene rings is 2. The van der Waals surface area contributed by atoms with Crippen LogP contribution in [0.2, 0.25) is 0 Å². The van der Waals surface area contributed by atoms with Crippen molar-refractivity contribution in [3.05, 3.63) is 65.7 Å². The topological polar surface area (TPSA) is 49.4 Å². The Morgan fingerprint density at radius 1 is 1.03 bits per heavy atom. The first-order valence-electron chi connectivity index (χ1n) is 10.8. The molecule has 29 heavy (non-hydrogen) atoms. The summed E-state index contributed by atoms with van der Waals surface area (Å²) >= 11 is 0. The molecule has 4 rings (SSSR count). The maximum Gasteiger partial charge on any atom is 0.253 e. The van der Waals surface area contributed by atoms with Crippen LogP contribution in [0.1, 0.15) is 48.5 Å². The van der Waals surface area contributed by atoms with Crippen LogP contribution in [0.15, 0.2) is 54.6 Å². The Kier molecular flexibility index (Phi) is 5.98. The van der Waals surface area contributed by atoms with Gasteiger partial charge < -0.3 is 10.2 Å². The first-order chi connectivity index (χ1) is 14.1. The SMILES string of the molecule is CC1CC1C(=O)Nc1cccc(C(=O)N2CCC(CCc3ccccc3)CC2)c1. The third-order valence-corrected chi connectivity index (χ3v) is 6.41. The molecule has 2 aliphatic rings. The van der Waals surface area contributed by atoms with Crippen molar-refractivity contribution < 1.29 is 9.59 Å². The van der Waals surface area contributed by atoms with Gasteiger partial charge in [-0.2, -0.15) is 0 Å². The third kappa shape index (κ3) is 5.06. The standard InChI is InChI=1S/C25H30N2O2/c1-18-16-23(18)24(28)26-22-9-5-8-21(17-22)25(29)27-14-12-20(13-15-27)11-10-19-6-3-2-4-7-19/h2-9,17-18,20,23H,10-16H2,1H3,(H,26,28). The highest BCUT2D eigenvalue weighted by atomic mass is 16.2. The van der Waals surface area contributed by atoms with Gasteiger partial charge in [0.25, 0.3) is 5.91 Å². The van der Waals surface area contributed by atoms with E-state index in [1.807, 2.05) is 29.2 Å². The number of nitrogens with zero attached hydrogens (tertiary/aromatic N) is 1. The summed E-state index contributed by atoms with van der Waals surface area (Å²) in [4.78, 5) is 27.1. The van der Waals surface area contributed by atoms with Crippen LogP contribution in [0.25, 0.3) is 0 Å². The second-order valence-corrected chi connectivity index (χ2v) is 8.65. The highest BCUT2D eigenvalue weighted by Crippen LogP contribution is 2.38. The minimum absolute atomic E-state index is 0.0707. The van der Waals surface area contributed by atoms with Crippen LogP contribution in [-0.2, 0) is 11.2 Å². The molecule has 2 fully saturated rings. The summed E-state index contributed by atoms with van der Waals surface area (Å²) in [6.07, 6.45) is 5.39. The Morgan fingerprint density at radius 3 is 2.45 bits per heavy atom. The molecule has 1 heterocycles. The first kappa shape index (κ1) is 19.7. The molecule has 4 heteroatoms. The Balaban J connectivity index is 1.28. The molecule has 2 aromatic rings. The number of carbonyl (C=O) groups is 2. The third-order valence-electron chi connectivity index (χ3n) is 6.41. The second-order valence-electron chi connectivity index (χ2n) is 8.65. The molecule has 0 radical (unpaired) electrons. The lowest BCUT2D eigenvalue weighted by Gasteiger charge is -2.32. The van der Waals surface area contributed by atoms with Gasteiger partial charge in [0.2, 0.25) is 5.91 Å². The van der Waals surface area contributed by atoms with E-state index in [0.717, 1.165) is 44.5 Å². The van der Waals surface area contributed by atoms with Crippen LogP contribution < -0.4 is 5.32 Å². The molecule has 1 N–H and O–H groups in total. The zero-order valence-electron chi connectivity index (χ0n) is 17.1. The zero-order valence-corrected chi connectivity index (χ0v) is 17.1. The van der Waals surface area contributed by atoms with Crippen molar-refractivity contribution in [2.24, 2.45) is 17.8 Å². The predicted octanol–water partition coefficient (Wildman–Crippen LogP) is 4.77. The minimum atomic E-state index is 0.0707. The molecule has 152 valence electrons. The summed E-state index contributed by atoms with van der Waals surface area (Å²) in [5, 5.41) is 2.96.